The van der Waals surface area contributed by atoms with Crippen LogP contribution >= 0.6 is 0 Å². The summed E-state index contributed by atoms with van der Waals surface area (Å²) in [7, 11) is 0. The average Bonchev–Trinajstić information content (AvgIpc) is 2.60. The van der Waals surface area contributed by atoms with Crippen LogP contribution in [0.3, 0.4) is 0 Å². The van der Waals surface area contributed by atoms with E-state index in [-0.39, 0.29) is 5.91 Å². The molecule has 3 rings (SSSR count). The number of morpholine rings is 1. The van der Waals surface area contributed by atoms with E-state index in [4.69, 9.17) is 4.74 Å². The van der Waals surface area contributed by atoms with Gasteiger partial charge in [0.15, 0.2) is 0 Å². The van der Waals surface area contributed by atoms with Crippen LogP contribution in [0.25, 0.3) is 10.9 Å². The van der Waals surface area contributed by atoms with E-state index in [1.165, 1.54) is 0 Å². The van der Waals surface area contributed by atoms with E-state index in [0.29, 0.717) is 25.0 Å². The Labute approximate surface area is 143 Å². The molecule has 1 aliphatic heterocycles. The molecule has 24 heavy (non-hydrogen) atoms. The van der Waals surface area contributed by atoms with Gasteiger partial charge in [0.2, 0.25) is 5.91 Å². The maximum absolute atomic E-state index is 12.2. The van der Waals surface area contributed by atoms with Crippen molar-refractivity contribution in [2.24, 2.45) is 0 Å². The summed E-state index contributed by atoms with van der Waals surface area (Å²) in [5, 5.41) is 4.12. The fraction of sp³-hybridized carbons (Fsp3) is 0.474. The van der Waals surface area contributed by atoms with Crippen LogP contribution < -0.4 is 5.32 Å². The van der Waals surface area contributed by atoms with Crippen molar-refractivity contribution < 1.29 is 9.53 Å². The van der Waals surface area contributed by atoms with Gasteiger partial charge in [0, 0.05) is 36.8 Å². The summed E-state index contributed by atoms with van der Waals surface area (Å²) in [5.41, 5.74) is 1.90. The van der Waals surface area contributed by atoms with Gasteiger partial charge in [0.25, 0.3) is 0 Å². The second-order valence-corrected chi connectivity index (χ2v) is 6.53. The number of hydrogen-bond donors (Lipinski definition) is 1. The van der Waals surface area contributed by atoms with Gasteiger partial charge < -0.3 is 10.1 Å². The maximum atomic E-state index is 12.2. The largest absolute Gasteiger partial charge is 0.379 e. The topological polar surface area (TPSA) is 54.5 Å². The number of amides is 1. The molecule has 5 nitrogen and oxygen atoms in total. The van der Waals surface area contributed by atoms with E-state index in [9.17, 15) is 4.79 Å². The SMILES string of the molecule is C[C@H](CNC(=O)Cc1cnc2ccccc2c1)N1CCOC[C@H]1C. The summed E-state index contributed by atoms with van der Waals surface area (Å²) in [6, 6.07) is 10.7. The highest BCUT2D eigenvalue weighted by Crippen LogP contribution is 2.13. The molecule has 0 spiro atoms. The Balaban J connectivity index is 1.53. The number of pyridine rings is 1. The summed E-state index contributed by atoms with van der Waals surface area (Å²) in [4.78, 5) is 19.0. The van der Waals surface area contributed by atoms with Crippen LogP contribution in [-0.2, 0) is 16.0 Å². The molecule has 1 aliphatic rings. The van der Waals surface area contributed by atoms with Gasteiger partial charge in [0.1, 0.15) is 0 Å². The molecule has 2 heterocycles. The molecular formula is C19H25N3O2. The Bertz CT molecular complexity index is 704. The molecule has 0 radical (unpaired) electrons. The van der Waals surface area contributed by atoms with E-state index in [1.807, 2.05) is 30.3 Å². The lowest BCUT2D eigenvalue weighted by Crippen LogP contribution is -2.52. The molecule has 1 saturated heterocycles. The number of aromatic nitrogens is 1. The quantitative estimate of drug-likeness (QED) is 0.913. The van der Waals surface area contributed by atoms with Crippen LogP contribution in [0.1, 0.15) is 19.4 Å². The second kappa shape index (κ2) is 7.73. The first kappa shape index (κ1) is 16.9. The Morgan fingerprint density at radius 2 is 2.29 bits per heavy atom. The number of nitrogens with one attached hydrogen (secondary N) is 1. The lowest BCUT2D eigenvalue weighted by molar-refractivity contribution is -0.120. The molecule has 2 aromatic rings. The molecule has 128 valence electrons. The Morgan fingerprint density at radius 1 is 1.46 bits per heavy atom. The molecule has 1 N–H and O–H groups in total. The van der Waals surface area contributed by atoms with Crippen molar-refractivity contribution in [1.82, 2.24) is 15.2 Å². The zero-order valence-corrected chi connectivity index (χ0v) is 14.4. The van der Waals surface area contributed by atoms with Crippen molar-refractivity contribution in [2.75, 3.05) is 26.3 Å². The van der Waals surface area contributed by atoms with E-state index in [0.717, 1.165) is 36.2 Å². The molecule has 1 aromatic carbocycles. The van der Waals surface area contributed by atoms with Crippen LogP contribution in [0.2, 0.25) is 0 Å². The summed E-state index contributed by atoms with van der Waals surface area (Å²) in [6.07, 6.45) is 2.15. The van der Waals surface area contributed by atoms with Gasteiger partial charge >= 0.3 is 0 Å². The molecule has 0 unspecified atom stereocenters. The minimum absolute atomic E-state index is 0.0415. The van der Waals surface area contributed by atoms with Gasteiger partial charge in [-0.2, -0.15) is 0 Å². The van der Waals surface area contributed by atoms with Crippen LogP contribution in [0.15, 0.2) is 36.5 Å². The minimum atomic E-state index is 0.0415. The molecule has 0 aliphatic carbocycles. The smallest absolute Gasteiger partial charge is 0.224 e. The standard InChI is InChI=1S/C19H25N3O2/c1-14(22-7-8-24-13-15(22)2)11-21-19(23)10-16-9-17-5-3-4-6-18(17)20-12-16/h3-6,9,12,14-15H,7-8,10-11,13H2,1-2H3,(H,21,23)/t14-,15-/m1/s1. The maximum Gasteiger partial charge on any atom is 0.224 e. The molecular weight excluding hydrogens is 302 g/mol. The highest BCUT2D eigenvalue weighted by atomic mass is 16.5. The number of benzene rings is 1. The number of fused-ring (bicyclic) bond motifs is 1. The fourth-order valence-electron chi connectivity index (χ4n) is 3.23. The van der Waals surface area contributed by atoms with E-state index in [1.54, 1.807) is 6.20 Å². The van der Waals surface area contributed by atoms with Gasteiger partial charge in [-0.1, -0.05) is 18.2 Å². The number of ether oxygens (including phenoxy) is 1. The molecule has 0 saturated carbocycles. The summed E-state index contributed by atoms with van der Waals surface area (Å²) >= 11 is 0. The van der Waals surface area contributed by atoms with E-state index < -0.39 is 0 Å². The Morgan fingerprint density at radius 3 is 3.12 bits per heavy atom. The van der Waals surface area contributed by atoms with Crippen molar-refractivity contribution in [3.63, 3.8) is 0 Å². The first-order valence-corrected chi connectivity index (χ1v) is 8.57. The summed E-state index contributed by atoms with van der Waals surface area (Å²) in [6.45, 7) is 7.43. The van der Waals surface area contributed by atoms with Crippen LogP contribution in [-0.4, -0.2) is 54.2 Å². The van der Waals surface area contributed by atoms with Gasteiger partial charge in [-0.15, -0.1) is 0 Å². The van der Waals surface area contributed by atoms with E-state index in [2.05, 4.69) is 29.0 Å². The lowest BCUT2D eigenvalue weighted by Gasteiger charge is -2.37. The zero-order chi connectivity index (χ0) is 16.9. The number of carbonyl (C=O) groups excluding carboxylic acids is 1. The minimum Gasteiger partial charge on any atom is -0.379 e. The van der Waals surface area contributed by atoms with Gasteiger partial charge in [-0.25, -0.2) is 0 Å². The number of hydrogen-bond acceptors (Lipinski definition) is 4. The molecule has 0 bridgehead atoms. The van der Waals surface area contributed by atoms with E-state index >= 15 is 0 Å². The molecule has 5 heteroatoms. The van der Waals surface area contributed by atoms with Crippen molar-refractivity contribution in [2.45, 2.75) is 32.4 Å². The predicted octanol–water partition coefficient (Wildman–Crippen LogP) is 2.00. The number of carbonyl (C=O) groups is 1. The van der Waals surface area contributed by atoms with Crippen LogP contribution in [0.4, 0.5) is 0 Å². The first-order chi connectivity index (χ1) is 11.6. The number of nitrogens with zero attached hydrogens (tertiary/aromatic N) is 2. The van der Waals surface area contributed by atoms with Crippen LogP contribution in [0.5, 0.6) is 0 Å². The third-order valence-corrected chi connectivity index (χ3v) is 4.59. The normalized spacial score (nSPS) is 20.0. The third kappa shape index (κ3) is 4.10. The van der Waals surface area contributed by atoms with Crippen LogP contribution in [0, 0.1) is 0 Å². The van der Waals surface area contributed by atoms with Gasteiger partial charge in [-0.3, -0.25) is 14.7 Å². The fourth-order valence-corrected chi connectivity index (χ4v) is 3.23. The predicted molar refractivity (Wildman–Crippen MR) is 94.9 cm³/mol. The molecule has 2 atom stereocenters. The van der Waals surface area contributed by atoms with Gasteiger partial charge in [0.05, 0.1) is 25.2 Å². The lowest BCUT2D eigenvalue weighted by atomic mass is 10.1. The Kier molecular flexibility index (Phi) is 5.43. The molecule has 1 amide bonds. The molecule has 1 fully saturated rings. The Hall–Kier alpha value is -1.98. The average molecular weight is 327 g/mol. The summed E-state index contributed by atoms with van der Waals surface area (Å²) in [5.74, 6) is 0.0415. The number of rotatable bonds is 5. The second-order valence-electron chi connectivity index (χ2n) is 6.53. The molecule has 1 aromatic heterocycles. The van der Waals surface area contributed by atoms with Crippen molar-refractivity contribution in [3.8, 4) is 0 Å². The third-order valence-electron chi connectivity index (χ3n) is 4.59. The highest BCUT2D eigenvalue weighted by Gasteiger charge is 2.23. The monoisotopic (exact) mass is 327 g/mol. The van der Waals surface area contributed by atoms with Gasteiger partial charge in [-0.05, 0) is 31.5 Å². The summed E-state index contributed by atoms with van der Waals surface area (Å²) < 4.78 is 5.47. The van der Waals surface area contributed by atoms with Crippen molar-refractivity contribution in [3.05, 3.63) is 42.1 Å². The highest BCUT2D eigenvalue weighted by molar-refractivity contribution is 5.82. The first-order valence-electron chi connectivity index (χ1n) is 8.57. The van der Waals surface area contributed by atoms with Crippen molar-refractivity contribution in [1.29, 1.82) is 0 Å². The van der Waals surface area contributed by atoms with Crippen molar-refractivity contribution >= 4 is 16.8 Å². The number of para-hydroxylation sites is 1. The zero-order valence-electron chi connectivity index (χ0n) is 14.4.